The lowest BCUT2D eigenvalue weighted by Gasteiger charge is -2.18. The second-order valence-electron chi connectivity index (χ2n) is 4.82. The Morgan fingerprint density at radius 1 is 1.26 bits per heavy atom. The summed E-state index contributed by atoms with van der Waals surface area (Å²) in [7, 11) is 1.89. The summed E-state index contributed by atoms with van der Waals surface area (Å²) in [6.07, 6.45) is 5.32. The van der Waals surface area contributed by atoms with Crippen LogP contribution in [0.15, 0.2) is 36.7 Å². The molecular weight excluding hydrogens is 236 g/mol. The zero-order valence-electron chi connectivity index (χ0n) is 11.7. The van der Waals surface area contributed by atoms with Gasteiger partial charge < -0.3 is 5.32 Å². The molecular formula is C15H22N4. The smallest absolute Gasteiger partial charge is 0.164 e. The minimum atomic E-state index is 0.380. The van der Waals surface area contributed by atoms with E-state index in [1.54, 1.807) is 11.0 Å². The Labute approximate surface area is 114 Å². The van der Waals surface area contributed by atoms with E-state index >= 15 is 0 Å². The Hall–Kier alpha value is -1.68. The van der Waals surface area contributed by atoms with Crippen LogP contribution >= 0.6 is 0 Å². The molecule has 0 saturated carbocycles. The number of nitrogens with zero attached hydrogens (tertiary/aromatic N) is 3. The Bertz CT molecular complexity index is 478. The fraction of sp³-hybridized carbons (Fsp3) is 0.467. The first-order valence-electron chi connectivity index (χ1n) is 6.92. The lowest BCUT2D eigenvalue weighted by atomic mass is 10.0. The average Bonchev–Trinajstić information content (AvgIpc) is 2.86. The molecule has 1 heterocycles. The molecule has 1 N–H and O–H groups in total. The second kappa shape index (κ2) is 7.04. The molecule has 1 unspecified atom stereocenters. The van der Waals surface area contributed by atoms with Gasteiger partial charge in [0.2, 0.25) is 0 Å². The van der Waals surface area contributed by atoms with E-state index in [1.807, 2.05) is 7.05 Å². The summed E-state index contributed by atoms with van der Waals surface area (Å²) in [5.74, 6) is 0.847. The predicted molar refractivity (Wildman–Crippen MR) is 76.6 cm³/mol. The van der Waals surface area contributed by atoms with Crippen molar-refractivity contribution in [3.05, 3.63) is 48.0 Å². The number of rotatable bonds is 7. The Kier molecular flexibility index (Phi) is 5.10. The van der Waals surface area contributed by atoms with Gasteiger partial charge in [-0.3, -0.25) is 4.68 Å². The maximum atomic E-state index is 4.30. The third-order valence-corrected chi connectivity index (χ3v) is 3.20. The van der Waals surface area contributed by atoms with Gasteiger partial charge in [0.15, 0.2) is 5.82 Å². The minimum Gasteiger partial charge on any atom is -0.303 e. The summed E-state index contributed by atoms with van der Waals surface area (Å²) < 4.78 is 1.74. The van der Waals surface area contributed by atoms with Gasteiger partial charge in [-0.25, -0.2) is 4.98 Å². The van der Waals surface area contributed by atoms with Gasteiger partial charge in [0.25, 0.3) is 0 Å². The fourth-order valence-electron chi connectivity index (χ4n) is 2.16. The van der Waals surface area contributed by atoms with Crippen LogP contribution in [-0.2, 0) is 13.6 Å². The van der Waals surface area contributed by atoms with Crippen LogP contribution in [0.2, 0.25) is 0 Å². The van der Waals surface area contributed by atoms with Crippen LogP contribution in [0.25, 0.3) is 0 Å². The van der Waals surface area contributed by atoms with Crippen molar-refractivity contribution in [1.82, 2.24) is 20.1 Å². The first kappa shape index (κ1) is 13.7. The van der Waals surface area contributed by atoms with Gasteiger partial charge >= 0.3 is 0 Å². The molecule has 0 fully saturated rings. The molecule has 2 rings (SSSR count). The molecule has 1 aromatic heterocycles. The van der Waals surface area contributed by atoms with Crippen molar-refractivity contribution in [1.29, 1.82) is 0 Å². The molecule has 4 nitrogen and oxygen atoms in total. The van der Waals surface area contributed by atoms with E-state index in [-0.39, 0.29) is 0 Å². The summed E-state index contributed by atoms with van der Waals surface area (Å²) >= 11 is 0. The molecule has 0 radical (unpaired) electrons. The van der Waals surface area contributed by atoms with Crippen LogP contribution < -0.4 is 5.32 Å². The van der Waals surface area contributed by atoms with E-state index < -0.39 is 0 Å². The van der Waals surface area contributed by atoms with Gasteiger partial charge in [-0.1, -0.05) is 50.1 Å². The van der Waals surface area contributed by atoms with Crippen molar-refractivity contribution in [2.75, 3.05) is 0 Å². The van der Waals surface area contributed by atoms with Crippen LogP contribution in [0.3, 0.4) is 0 Å². The molecule has 0 aliphatic heterocycles. The Morgan fingerprint density at radius 3 is 2.68 bits per heavy atom. The van der Waals surface area contributed by atoms with Gasteiger partial charge in [-0.15, -0.1) is 0 Å². The number of unbranched alkanes of at least 4 members (excludes halogenated alkanes) is 1. The molecule has 4 heteroatoms. The number of benzene rings is 1. The Morgan fingerprint density at radius 2 is 2.05 bits per heavy atom. The van der Waals surface area contributed by atoms with E-state index in [0.29, 0.717) is 12.6 Å². The van der Waals surface area contributed by atoms with Gasteiger partial charge in [-0.2, -0.15) is 5.10 Å². The molecule has 0 aliphatic rings. The zero-order chi connectivity index (χ0) is 13.5. The second-order valence-corrected chi connectivity index (χ2v) is 4.82. The van der Waals surface area contributed by atoms with E-state index in [1.165, 1.54) is 18.4 Å². The van der Waals surface area contributed by atoms with Crippen molar-refractivity contribution in [2.24, 2.45) is 7.05 Å². The third kappa shape index (κ3) is 4.17. The molecule has 0 saturated heterocycles. The van der Waals surface area contributed by atoms with Gasteiger partial charge in [-0.05, 0) is 12.0 Å². The quantitative estimate of drug-likeness (QED) is 0.830. The molecule has 19 heavy (non-hydrogen) atoms. The maximum Gasteiger partial charge on any atom is 0.164 e. The predicted octanol–water partition coefficient (Wildman–Crippen LogP) is 2.84. The SMILES string of the molecule is CCCCC(NCc1ncn(C)n1)c1ccccc1. The van der Waals surface area contributed by atoms with Crippen LogP contribution in [0.5, 0.6) is 0 Å². The highest BCUT2D eigenvalue weighted by atomic mass is 15.3. The van der Waals surface area contributed by atoms with Gasteiger partial charge in [0.05, 0.1) is 6.54 Å². The fourth-order valence-corrected chi connectivity index (χ4v) is 2.16. The monoisotopic (exact) mass is 258 g/mol. The molecule has 0 spiro atoms. The van der Waals surface area contributed by atoms with E-state index in [4.69, 9.17) is 0 Å². The summed E-state index contributed by atoms with van der Waals surface area (Å²) in [6, 6.07) is 11.0. The molecule has 102 valence electrons. The normalized spacial score (nSPS) is 12.5. The lowest BCUT2D eigenvalue weighted by Crippen LogP contribution is -2.21. The summed E-state index contributed by atoms with van der Waals surface area (Å²) in [5.41, 5.74) is 1.34. The van der Waals surface area contributed by atoms with E-state index in [2.05, 4.69) is 52.7 Å². The number of hydrogen-bond acceptors (Lipinski definition) is 3. The summed E-state index contributed by atoms with van der Waals surface area (Å²) in [6.45, 7) is 2.94. The van der Waals surface area contributed by atoms with Crippen LogP contribution in [0, 0.1) is 0 Å². The van der Waals surface area contributed by atoms with Crippen LogP contribution in [0.1, 0.15) is 43.6 Å². The van der Waals surface area contributed by atoms with Gasteiger partial charge in [0, 0.05) is 13.1 Å². The standard InChI is InChI=1S/C15H22N4/c1-3-4-10-14(13-8-6-5-7-9-13)16-11-15-17-12-19(2)18-15/h5-9,12,14,16H,3-4,10-11H2,1-2H3. The molecule has 1 aromatic carbocycles. The number of aromatic nitrogens is 3. The zero-order valence-corrected chi connectivity index (χ0v) is 11.7. The molecule has 0 aliphatic carbocycles. The molecule has 0 bridgehead atoms. The van der Waals surface area contributed by atoms with Crippen LogP contribution in [0.4, 0.5) is 0 Å². The number of nitrogens with one attached hydrogen (secondary N) is 1. The maximum absolute atomic E-state index is 4.30. The topological polar surface area (TPSA) is 42.7 Å². The van der Waals surface area contributed by atoms with Gasteiger partial charge in [0.1, 0.15) is 6.33 Å². The summed E-state index contributed by atoms with van der Waals surface area (Å²) in [4.78, 5) is 4.25. The first-order chi connectivity index (χ1) is 9.29. The highest BCUT2D eigenvalue weighted by Crippen LogP contribution is 2.19. The van der Waals surface area contributed by atoms with Crippen molar-refractivity contribution in [3.8, 4) is 0 Å². The minimum absolute atomic E-state index is 0.380. The van der Waals surface area contributed by atoms with Crippen LogP contribution in [-0.4, -0.2) is 14.8 Å². The number of hydrogen-bond donors (Lipinski definition) is 1. The largest absolute Gasteiger partial charge is 0.303 e. The van der Waals surface area contributed by atoms with E-state index in [9.17, 15) is 0 Å². The lowest BCUT2D eigenvalue weighted by molar-refractivity contribution is 0.472. The molecule has 1 atom stereocenters. The highest BCUT2D eigenvalue weighted by Gasteiger charge is 2.11. The van der Waals surface area contributed by atoms with Crippen molar-refractivity contribution < 1.29 is 0 Å². The first-order valence-corrected chi connectivity index (χ1v) is 6.92. The van der Waals surface area contributed by atoms with Crippen molar-refractivity contribution >= 4 is 0 Å². The summed E-state index contributed by atoms with van der Waals surface area (Å²) in [5, 5.41) is 7.86. The highest BCUT2D eigenvalue weighted by molar-refractivity contribution is 5.18. The number of aryl methyl sites for hydroxylation is 1. The third-order valence-electron chi connectivity index (χ3n) is 3.20. The van der Waals surface area contributed by atoms with E-state index in [0.717, 1.165) is 12.2 Å². The van der Waals surface area contributed by atoms with Crippen molar-refractivity contribution in [3.63, 3.8) is 0 Å². The Balaban J connectivity index is 1.97. The van der Waals surface area contributed by atoms with Crippen molar-refractivity contribution in [2.45, 2.75) is 38.8 Å². The average molecular weight is 258 g/mol. The molecule has 2 aromatic rings. The molecule has 0 amide bonds.